The number of esters is 1. The van der Waals surface area contributed by atoms with Gasteiger partial charge >= 0.3 is 5.97 Å². The van der Waals surface area contributed by atoms with E-state index >= 15 is 0 Å². The minimum absolute atomic E-state index is 0.0217. The summed E-state index contributed by atoms with van der Waals surface area (Å²) in [6.45, 7) is 19.2. The molecule has 5 aliphatic carbocycles. The van der Waals surface area contributed by atoms with Crippen LogP contribution in [0.2, 0.25) is 0 Å². The number of likely N-dealkylation sites (N-methyl/N-ethyl adjacent to an activating group) is 1. The van der Waals surface area contributed by atoms with Gasteiger partial charge in [-0.25, -0.2) is 0 Å². The Balaban J connectivity index is 1.42. The van der Waals surface area contributed by atoms with Gasteiger partial charge in [0.05, 0.1) is 12.0 Å². The lowest BCUT2D eigenvalue weighted by Crippen LogP contribution is -2.64. The Morgan fingerprint density at radius 1 is 0.909 bits per heavy atom. The third-order valence-electron chi connectivity index (χ3n) is 14.8. The van der Waals surface area contributed by atoms with Gasteiger partial charge in [0.2, 0.25) is 11.8 Å². The van der Waals surface area contributed by atoms with Crippen LogP contribution in [-0.2, 0) is 23.9 Å². The molecule has 8 atom stereocenters. The Bertz CT molecular complexity index is 1320. The number of fused-ring (bicyclic) bond motifs is 6. The van der Waals surface area contributed by atoms with Gasteiger partial charge in [0, 0.05) is 44.8 Å². The lowest BCUT2D eigenvalue weighted by atomic mass is 9.34. The molecule has 0 radical (unpaired) electrons. The van der Waals surface area contributed by atoms with Gasteiger partial charge in [-0.1, -0.05) is 54.0 Å². The number of hydrogen-bond donors (Lipinski definition) is 0. The molecule has 0 bridgehead atoms. The second kappa shape index (κ2) is 10.2. The van der Waals surface area contributed by atoms with Crippen molar-refractivity contribution in [3.05, 3.63) is 11.1 Å². The molecule has 7 heteroatoms. The van der Waals surface area contributed by atoms with Crippen LogP contribution in [0.15, 0.2) is 11.1 Å². The van der Waals surface area contributed by atoms with Crippen molar-refractivity contribution in [2.45, 2.75) is 119 Å². The Labute approximate surface area is 264 Å². The summed E-state index contributed by atoms with van der Waals surface area (Å²) in [7, 11) is 1.80. The molecule has 5 fully saturated rings. The van der Waals surface area contributed by atoms with E-state index in [1.807, 2.05) is 0 Å². The number of rotatable bonds is 3. The van der Waals surface area contributed by atoms with Crippen molar-refractivity contribution in [1.29, 1.82) is 0 Å². The zero-order valence-corrected chi connectivity index (χ0v) is 28.8. The smallest absolute Gasteiger partial charge is 0.302 e. The van der Waals surface area contributed by atoms with Gasteiger partial charge in [-0.05, 0) is 90.9 Å². The molecule has 0 aromatic carbocycles. The fourth-order valence-corrected chi connectivity index (χ4v) is 12.4. The van der Waals surface area contributed by atoms with Crippen LogP contribution in [-0.4, -0.2) is 66.2 Å². The van der Waals surface area contributed by atoms with Gasteiger partial charge in [0.1, 0.15) is 11.9 Å². The Hall–Kier alpha value is -2.18. The van der Waals surface area contributed by atoms with Crippen molar-refractivity contribution < 1.29 is 23.9 Å². The van der Waals surface area contributed by atoms with Crippen molar-refractivity contribution in [3.8, 4) is 0 Å². The largest absolute Gasteiger partial charge is 0.462 e. The van der Waals surface area contributed by atoms with Crippen molar-refractivity contribution >= 4 is 23.6 Å². The molecule has 1 aliphatic heterocycles. The van der Waals surface area contributed by atoms with Crippen LogP contribution in [0.3, 0.4) is 0 Å². The normalized spacial score (nSPS) is 43.3. The minimum atomic E-state index is -0.800. The average Bonchev–Trinajstić information content (AvgIpc) is 3.25. The molecule has 6 rings (SSSR count). The lowest BCUT2D eigenvalue weighted by molar-refractivity contribution is -0.213. The molecule has 1 heterocycles. The highest BCUT2D eigenvalue weighted by atomic mass is 16.5. The number of nitrogens with zero attached hydrogens (tertiary/aromatic N) is 2. The maximum Gasteiger partial charge on any atom is 0.302 e. The SMILES string of the molecule is CC(=O)O[C@H]1CC[C@]2(C)[C@H]3CCC4=C5C(C(C)C)C(=O)C[C@]5(C(=O)N5CCN(C)C(=O)C5)CC[C@@]4(C)[C@]3(C)CC[C@H]2C1(C)C. The van der Waals surface area contributed by atoms with Crippen molar-refractivity contribution in [2.75, 3.05) is 26.7 Å². The van der Waals surface area contributed by atoms with E-state index in [9.17, 15) is 19.2 Å². The third-order valence-corrected chi connectivity index (χ3v) is 14.8. The zero-order valence-electron chi connectivity index (χ0n) is 28.8. The topological polar surface area (TPSA) is 84.0 Å². The van der Waals surface area contributed by atoms with Crippen molar-refractivity contribution in [1.82, 2.24) is 9.80 Å². The standard InChI is InChI=1S/C37H56N2O5/c1-22(2)30-25(41)20-37(32(43)39-19-18-38(9)29(42)21-39)17-16-35(7)24(31(30)37)10-11-27-34(6)14-13-28(44-23(3)40)33(4,5)26(34)12-15-36(27,35)8/h22,26-28,30H,10-21H2,1-9H3/t26-,27+,28-,30?,34-,35+,36+,37+/m0/s1. The zero-order chi connectivity index (χ0) is 32.2. The number of carbonyl (C=O) groups excluding carboxylic acids is 4. The Morgan fingerprint density at radius 2 is 1.61 bits per heavy atom. The summed E-state index contributed by atoms with van der Waals surface area (Å²) in [6.07, 6.45) is 8.04. The summed E-state index contributed by atoms with van der Waals surface area (Å²) < 4.78 is 5.92. The molecule has 0 aromatic heterocycles. The molecule has 244 valence electrons. The van der Waals surface area contributed by atoms with Gasteiger partial charge in [-0.2, -0.15) is 0 Å². The molecule has 0 aromatic rings. The van der Waals surface area contributed by atoms with Crippen LogP contribution in [0.4, 0.5) is 0 Å². The highest BCUT2D eigenvalue weighted by molar-refractivity contribution is 6.01. The van der Waals surface area contributed by atoms with Gasteiger partial charge in [0.15, 0.2) is 0 Å². The summed E-state index contributed by atoms with van der Waals surface area (Å²) in [5.74, 6) is 0.940. The van der Waals surface area contributed by atoms with Gasteiger partial charge in [0.25, 0.3) is 0 Å². The molecule has 0 spiro atoms. The number of amides is 2. The molecule has 44 heavy (non-hydrogen) atoms. The van der Waals surface area contributed by atoms with Crippen LogP contribution >= 0.6 is 0 Å². The number of piperazine rings is 1. The van der Waals surface area contributed by atoms with Gasteiger partial charge in [-0.3, -0.25) is 19.2 Å². The van der Waals surface area contributed by atoms with E-state index in [4.69, 9.17) is 4.74 Å². The average molecular weight is 609 g/mol. The minimum Gasteiger partial charge on any atom is -0.462 e. The number of ketones is 1. The first kappa shape index (κ1) is 31.8. The number of hydrogen-bond acceptors (Lipinski definition) is 5. The molecular formula is C37H56N2O5. The van der Waals surface area contributed by atoms with E-state index in [2.05, 4.69) is 48.5 Å². The van der Waals surface area contributed by atoms with E-state index < -0.39 is 5.41 Å². The first-order chi connectivity index (χ1) is 20.4. The van der Waals surface area contributed by atoms with Crippen LogP contribution in [0.1, 0.15) is 113 Å². The maximum atomic E-state index is 14.6. The number of ether oxygens (including phenoxy) is 1. The molecule has 2 amide bonds. The second-order valence-electron chi connectivity index (χ2n) is 17.3. The molecule has 6 aliphatic rings. The third kappa shape index (κ3) is 4.11. The van der Waals surface area contributed by atoms with Crippen molar-refractivity contribution in [2.24, 2.45) is 50.7 Å². The van der Waals surface area contributed by atoms with E-state index in [0.717, 1.165) is 50.5 Å². The van der Waals surface area contributed by atoms with Crippen molar-refractivity contribution in [3.63, 3.8) is 0 Å². The van der Waals surface area contributed by atoms with E-state index in [0.29, 0.717) is 31.3 Å². The second-order valence-corrected chi connectivity index (χ2v) is 17.3. The first-order valence-electron chi connectivity index (χ1n) is 17.4. The summed E-state index contributed by atoms with van der Waals surface area (Å²) in [4.78, 5) is 56.7. The first-order valence-corrected chi connectivity index (χ1v) is 17.4. The number of allylic oxidation sites excluding steroid dienone is 1. The molecule has 0 N–H and O–H groups in total. The fourth-order valence-electron chi connectivity index (χ4n) is 12.4. The highest BCUT2D eigenvalue weighted by Crippen LogP contribution is 2.76. The predicted molar refractivity (Wildman–Crippen MR) is 169 cm³/mol. The van der Waals surface area contributed by atoms with E-state index in [1.165, 1.54) is 12.5 Å². The van der Waals surface area contributed by atoms with Gasteiger partial charge < -0.3 is 14.5 Å². The Kier molecular flexibility index (Phi) is 7.34. The predicted octanol–water partition coefficient (Wildman–Crippen LogP) is 6.20. The molecule has 1 unspecified atom stereocenters. The quantitative estimate of drug-likeness (QED) is 0.282. The summed E-state index contributed by atoms with van der Waals surface area (Å²) in [5, 5.41) is 0. The molecule has 7 nitrogen and oxygen atoms in total. The molecular weight excluding hydrogens is 552 g/mol. The molecule has 1 saturated heterocycles. The molecule has 4 saturated carbocycles. The van der Waals surface area contributed by atoms with Crippen LogP contribution in [0, 0.1) is 50.7 Å². The Morgan fingerprint density at radius 3 is 2.25 bits per heavy atom. The van der Waals surface area contributed by atoms with Crippen LogP contribution in [0.25, 0.3) is 0 Å². The van der Waals surface area contributed by atoms with Crippen LogP contribution in [0.5, 0.6) is 0 Å². The fraction of sp³-hybridized carbons (Fsp3) is 0.838. The highest BCUT2D eigenvalue weighted by Gasteiger charge is 2.70. The summed E-state index contributed by atoms with van der Waals surface area (Å²) in [6, 6.07) is 0. The maximum absolute atomic E-state index is 14.6. The monoisotopic (exact) mass is 608 g/mol. The van der Waals surface area contributed by atoms with Crippen LogP contribution < -0.4 is 0 Å². The van der Waals surface area contributed by atoms with Gasteiger partial charge in [-0.15, -0.1) is 0 Å². The summed E-state index contributed by atoms with van der Waals surface area (Å²) >= 11 is 0. The number of carbonyl (C=O) groups is 4. The lowest BCUT2D eigenvalue weighted by Gasteiger charge is -2.70. The summed E-state index contributed by atoms with van der Waals surface area (Å²) in [5.41, 5.74) is 1.79. The van der Waals surface area contributed by atoms with E-state index in [-0.39, 0.29) is 76.1 Å². The number of Topliss-reactive ketones (excluding diaryl/α,β-unsaturated/α-hetero) is 1. The van der Waals surface area contributed by atoms with E-state index in [1.54, 1.807) is 16.8 Å².